The molecule has 0 bridgehead atoms. The summed E-state index contributed by atoms with van der Waals surface area (Å²) < 4.78 is 12.7. The molecule has 3 heterocycles. The summed E-state index contributed by atoms with van der Waals surface area (Å²) in [5, 5.41) is 0.554. The summed E-state index contributed by atoms with van der Waals surface area (Å²) >= 11 is 12.4. The predicted molar refractivity (Wildman–Crippen MR) is 125 cm³/mol. The van der Waals surface area contributed by atoms with Crippen molar-refractivity contribution in [3.8, 4) is 11.6 Å². The van der Waals surface area contributed by atoms with Crippen LogP contribution in [0.1, 0.15) is 5.56 Å². The van der Waals surface area contributed by atoms with Crippen LogP contribution >= 0.6 is 35.6 Å². The topological polar surface area (TPSA) is 73.1 Å². The SMILES string of the molecule is COCCN1C(=O)/C(=C\c2c(Oc3ccc(Cl)cc3)nc3ccccn3c2=O)SC1=S. The first-order chi connectivity index (χ1) is 15.0. The Morgan fingerprint density at radius 1 is 1.19 bits per heavy atom. The molecule has 1 aliphatic heterocycles. The van der Waals surface area contributed by atoms with Gasteiger partial charge >= 0.3 is 0 Å². The predicted octanol–water partition coefficient (Wildman–Crippen LogP) is 3.99. The highest BCUT2D eigenvalue weighted by Gasteiger charge is 2.32. The van der Waals surface area contributed by atoms with E-state index in [9.17, 15) is 9.59 Å². The van der Waals surface area contributed by atoms with Crippen molar-refractivity contribution in [3.63, 3.8) is 0 Å². The molecule has 1 saturated heterocycles. The van der Waals surface area contributed by atoms with Crippen molar-refractivity contribution in [1.82, 2.24) is 14.3 Å². The molecule has 0 atom stereocenters. The molecular formula is C21H16ClN3O4S2. The second-order valence-electron chi connectivity index (χ2n) is 6.45. The molecule has 158 valence electrons. The zero-order chi connectivity index (χ0) is 22.0. The number of fused-ring (bicyclic) bond motifs is 1. The van der Waals surface area contributed by atoms with E-state index in [0.29, 0.717) is 38.8 Å². The number of hydrogen-bond donors (Lipinski definition) is 0. The molecule has 2 aromatic heterocycles. The van der Waals surface area contributed by atoms with Gasteiger partial charge in [-0.15, -0.1) is 0 Å². The number of benzene rings is 1. The number of carbonyl (C=O) groups excluding carboxylic acids is 1. The third-order valence-corrected chi connectivity index (χ3v) is 6.06. The van der Waals surface area contributed by atoms with E-state index in [-0.39, 0.29) is 22.9 Å². The van der Waals surface area contributed by atoms with Gasteiger partial charge in [-0.05, 0) is 42.5 Å². The minimum absolute atomic E-state index is 0.0840. The molecule has 3 aromatic rings. The van der Waals surface area contributed by atoms with Crippen LogP contribution in [-0.4, -0.2) is 44.8 Å². The maximum Gasteiger partial charge on any atom is 0.269 e. The quantitative estimate of drug-likeness (QED) is 0.396. The second kappa shape index (κ2) is 9.19. The Labute approximate surface area is 192 Å². The normalized spacial score (nSPS) is 15.3. The van der Waals surface area contributed by atoms with E-state index in [1.165, 1.54) is 15.4 Å². The van der Waals surface area contributed by atoms with E-state index >= 15 is 0 Å². The molecule has 0 radical (unpaired) electrons. The molecule has 1 aliphatic rings. The molecule has 0 aliphatic carbocycles. The first-order valence-electron chi connectivity index (χ1n) is 9.17. The van der Waals surface area contributed by atoms with Crippen LogP contribution in [0.2, 0.25) is 5.02 Å². The van der Waals surface area contributed by atoms with Crippen molar-refractivity contribution >= 4 is 57.5 Å². The molecule has 0 unspecified atom stereocenters. The van der Waals surface area contributed by atoms with Crippen molar-refractivity contribution in [1.29, 1.82) is 0 Å². The summed E-state index contributed by atoms with van der Waals surface area (Å²) in [6.45, 7) is 0.687. The highest BCUT2D eigenvalue weighted by Crippen LogP contribution is 2.34. The van der Waals surface area contributed by atoms with E-state index in [4.69, 9.17) is 33.3 Å². The van der Waals surface area contributed by atoms with Crippen LogP contribution in [0.15, 0.2) is 58.4 Å². The number of thioether (sulfide) groups is 1. The monoisotopic (exact) mass is 473 g/mol. The molecule has 4 rings (SSSR count). The van der Waals surface area contributed by atoms with Crippen LogP contribution in [0, 0.1) is 0 Å². The van der Waals surface area contributed by atoms with Gasteiger partial charge in [-0.1, -0.05) is 41.6 Å². The molecule has 0 saturated carbocycles. The molecule has 31 heavy (non-hydrogen) atoms. The van der Waals surface area contributed by atoms with Gasteiger partial charge in [-0.3, -0.25) is 18.9 Å². The number of ether oxygens (including phenoxy) is 2. The Kier molecular flexibility index (Phi) is 6.38. The summed E-state index contributed by atoms with van der Waals surface area (Å²) in [5.41, 5.74) is 0.198. The van der Waals surface area contributed by atoms with Gasteiger partial charge < -0.3 is 9.47 Å². The summed E-state index contributed by atoms with van der Waals surface area (Å²) in [4.78, 5) is 32.3. The lowest BCUT2D eigenvalue weighted by Gasteiger charge is -2.13. The maximum absolute atomic E-state index is 13.2. The highest BCUT2D eigenvalue weighted by molar-refractivity contribution is 8.26. The average Bonchev–Trinajstić information content (AvgIpc) is 3.03. The third-order valence-electron chi connectivity index (χ3n) is 4.43. The van der Waals surface area contributed by atoms with Gasteiger partial charge in [-0.25, -0.2) is 0 Å². The molecule has 1 amide bonds. The van der Waals surface area contributed by atoms with Gasteiger partial charge in [0.1, 0.15) is 21.3 Å². The number of amides is 1. The summed E-state index contributed by atoms with van der Waals surface area (Å²) in [5.74, 6) is 0.251. The zero-order valence-electron chi connectivity index (χ0n) is 16.3. The Hall–Kier alpha value is -2.72. The standard InChI is InChI=1S/C21H16ClN3O4S2/c1-28-11-10-25-20(27)16(31-21(25)30)12-15-18(29-14-7-5-13(22)6-8-14)23-17-4-2-3-9-24(17)19(15)26/h2-9,12H,10-11H2,1H3/b16-12+. The van der Waals surface area contributed by atoms with Crippen molar-refractivity contribution in [2.75, 3.05) is 20.3 Å². The minimum atomic E-state index is -0.364. The van der Waals surface area contributed by atoms with E-state index in [1.807, 2.05) is 0 Å². The van der Waals surface area contributed by atoms with Gasteiger partial charge in [-0.2, -0.15) is 4.98 Å². The van der Waals surface area contributed by atoms with Crippen LogP contribution in [0.25, 0.3) is 11.7 Å². The van der Waals surface area contributed by atoms with Gasteiger partial charge in [0.25, 0.3) is 11.5 Å². The first kappa shape index (κ1) is 21.5. The molecule has 1 aromatic carbocycles. The van der Waals surface area contributed by atoms with Gasteiger partial charge in [0.05, 0.1) is 18.1 Å². The lowest BCUT2D eigenvalue weighted by molar-refractivity contribution is -0.122. The van der Waals surface area contributed by atoms with Gasteiger partial charge in [0.2, 0.25) is 5.88 Å². The number of carbonyl (C=O) groups is 1. The minimum Gasteiger partial charge on any atom is -0.438 e. The number of aromatic nitrogens is 2. The van der Waals surface area contributed by atoms with Crippen LogP contribution in [-0.2, 0) is 9.53 Å². The van der Waals surface area contributed by atoms with Crippen LogP contribution in [0.3, 0.4) is 0 Å². The fraction of sp³-hybridized carbons (Fsp3) is 0.143. The highest BCUT2D eigenvalue weighted by atomic mass is 35.5. The average molecular weight is 474 g/mol. The first-order valence-corrected chi connectivity index (χ1v) is 10.8. The molecule has 1 fully saturated rings. The van der Waals surface area contributed by atoms with E-state index in [0.717, 1.165) is 11.8 Å². The second-order valence-corrected chi connectivity index (χ2v) is 8.56. The number of pyridine rings is 1. The molecular weight excluding hydrogens is 458 g/mol. The van der Waals surface area contributed by atoms with E-state index < -0.39 is 0 Å². The summed E-state index contributed by atoms with van der Waals surface area (Å²) in [6, 6.07) is 11.9. The summed E-state index contributed by atoms with van der Waals surface area (Å²) in [6.07, 6.45) is 3.09. The van der Waals surface area contributed by atoms with Gasteiger partial charge in [0, 0.05) is 18.3 Å². The van der Waals surface area contributed by atoms with E-state index in [2.05, 4.69) is 4.98 Å². The lowest BCUT2D eigenvalue weighted by atomic mass is 10.2. The number of rotatable bonds is 6. The molecule has 7 nitrogen and oxygen atoms in total. The fourth-order valence-electron chi connectivity index (χ4n) is 2.90. The Bertz CT molecular complexity index is 1260. The number of nitrogens with zero attached hydrogens (tertiary/aromatic N) is 3. The lowest BCUT2D eigenvalue weighted by Crippen LogP contribution is -2.31. The number of hydrogen-bond acceptors (Lipinski definition) is 7. The van der Waals surface area contributed by atoms with Crippen molar-refractivity contribution < 1.29 is 14.3 Å². The van der Waals surface area contributed by atoms with Crippen molar-refractivity contribution in [2.45, 2.75) is 0 Å². The number of halogens is 1. The summed E-state index contributed by atoms with van der Waals surface area (Å²) in [7, 11) is 1.55. The van der Waals surface area contributed by atoms with Crippen LogP contribution < -0.4 is 10.3 Å². The Morgan fingerprint density at radius 2 is 1.97 bits per heavy atom. The largest absolute Gasteiger partial charge is 0.438 e. The molecule has 0 N–H and O–H groups in total. The van der Waals surface area contributed by atoms with E-state index in [1.54, 1.807) is 55.8 Å². The smallest absolute Gasteiger partial charge is 0.269 e. The molecule has 0 spiro atoms. The van der Waals surface area contributed by atoms with Crippen molar-refractivity contribution in [2.24, 2.45) is 0 Å². The third kappa shape index (κ3) is 4.49. The van der Waals surface area contributed by atoms with Crippen molar-refractivity contribution in [3.05, 3.63) is 74.5 Å². The molecule has 10 heteroatoms. The van der Waals surface area contributed by atoms with Crippen LogP contribution in [0.5, 0.6) is 11.6 Å². The maximum atomic E-state index is 13.2. The Morgan fingerprint density at radius 3 is 2.71 bits per heavy atom. The Balaban J connectivity index is 1.80. The fourth-order valence-corrected chi connectivity index (χ4v) is 4.32. The van der Waals surface area contributed by atoms with Crippen LogP contribution in [0.4, 0.5) is 0 Å². The zero-order valence-corrected chi connectivity index (χ0v) is 18.7. The van der Waals surface area contributed by atoms with Gasteiger partial charge in [0.15, 0.2) is 0 Å². The number of methoxy groups -OCH3 is 1. The number of thiocarbonyl (C=S) groups is 1.